The van der Waals surface area contributed by atoms with Crippen LogP contribution in [0.4, 0.5) is 5.13 Å². The number of thioether (sulfide) groups is 1. The first-order valence-electron chi connectivity index (χ1n) is 8.10. The van der Waals surface area contributed by atoms with Crippen LogP contribution in [0.25, 0.3) is 0 Å². The predicted octanol–water partition coefficient (Wildman–Crippen LogP) is 3.42. The van der Waals surface area contributed by atoms with E-state index in [0.717, 1.165) is 36.8 Å². The zero-order valence-electron chi connectivity index (χ0n) is 14.0. The second-order valence-corrected chi connectivity index (χ2v) is 8.14. The zero-order valence-corrected chi connectivity index (χ0v) is 15.6. The molecule has 3 rings (SSSR count). The van der Waals surface area contributed by atoms with Crippen molar-refractivity contribution in [2.75, 3.05) is 24.7 Å². The summed E-state index contributed by atoms with van der Waals surface area (Å²) in [6.07, 6.45) is 3.74. The molecule has 7 heteroatoms. The lowest BCUT2D eigenvalue weighted by Gasteiger charge is -2.31. The van der Waals surface area contributed by atoms with Gasteiger partial charge in [0.2, 0.25) is 11.0 Å². The van der Waals surface area contributed by atoms with Crippen LogP contribution in [-0.4, -0.2) is 40.3 Å². The van der Waals surface area contributed by atoms with Crippen molar-refractivity contribution < 1.29 is 4.79 Å². The van der Waals surface area contributed by atoms with Crippen molar-refractivity contribution >= 4 is 34.1 Å². The van der Waals surface area contributed by atoms with Gasteiger partial charge in [-0.3, -0.25) is 9.69 Å². The Morgan fingerprint density at radius 3 is 2.83 bits per heavy atom. The highest BCUT2D eigenvalue weighted by Crippen LogP contribution is 2.25. The first kappa shape index (κ1) is 17.4. The lowest BCUT2D eigenvalue weighted by Crippen LogP contribution is -2.37. The third-order valence-electron chi connectivity index (χ3n) is 4.26. The minimum Gasteiger partial charge on any atom is -0.300 e. The number of benzene rings is 1. The number of nitrogens with one attached hydrogen (secondary N) is 1. The Balaban J connectivity index is 1.48. The van der Waals surface area contributed by atoms with Gasteiger partial charge >= 0.3 is 0 Å². The summed E-state index contributed by atoms with van der Waals surface area (Å²) in [6, 6.07) is 8.63. The summed E-state index contributed by atoms with van der Waals surface area (Å²) in [5, 5.41) is 11.5. The number of likely N-dealkylation sites (tertiary alicyclic amines) is 1. The van der Waals surface area contributed by atoms with Gasteiger partial charge in [0.1, 0.15) is 0 Å². The van der Waals surface area contributed by atoms with Gasteiger partial charge in [-0.25, -0.2) is 0 Å². The molecule has 1 saturated heterocycles. The number of carbonyl (C=O) groups excluding carboxylic acids is 1. The molecule has 1 fully saturated rings. The third-order valence-corrected chi connectivity index (χ3v) is 6.07. The second-order valence-electron chi connectivity index (χ2n) is 6.11. The third kappa shape index (κ3) is 4.55. The normalized spacial score (nSPS) is 16.2. The molecule has 0 atom stereocenters. The SMILES string of the molecule is CSc1nnc(NC(=O)C2CCN(Cc3cccc(C)c3)CC2)s1. The fourth-order valence-corrected chi connectivity index (χ4v) is 4.15. The van der Waals surface area contributed by atoms with Gasteiger partial charge in [-0.15, -0.1) is 10.2 Å². The van der Waals surface area contributed by atoms with E-state index in [1.807, 2.05) is 6.26 Å². The molecular weight excluding hydrogens is 340 g/mol. The highest BCUT2D eigenvalue weighted by molar-refractivity contribution is 8.00. The number of carbonyl (C=O) groups is 1. The fraction of sp³-hybridized carbons (Fsp3) is 0.471. The quantitative estimate of drug-likeness (QED) is 0.652. The number of aryl methyl sites for hydroxylation is 1. The molecule has 2 heterocycles. The van der Waals surface area contributed by atoms with Crippen LogP contribution in [0.3, 0.4) is 0 Å². The van der Waals surface area contributed by atoms with Gasteiger partial charge in [0.25, 0.3) is 0 Å². The van der Waals surface area contributed by atoms with Crippen LogP contribution in [0.5, 0.6) is 0 Å². The molecule has 1 N–H and O–H groups in total. The van der Waals surface area contributed by atoms with Gasteiger partial charge in [0.05, 0.1) is 0 Å². The molecule has 0 saturated carbocycles. The Labute approximate surface area is 150 Å². The van der Waals surface area contributed by atoms with Crippen LogP contribution in [-0.2, 0) is 11.3 Å². The van der Waals surface area contributed by atoms with E-state index in [-0.39, 0.29) is 11.8 Å². The van der Waals surface area contributed by atoms with Crippen molar-refractivity contribution in [1.29, 1.82) is 0 Å². The van der Waals surface area contributed by atoms with E-state index in [1.165, 1.54) is 22.5 Å². The number of aromatic nitrogens is 2. The summed E-state index contributed by atoms with van der Waals surface area (Å²) in [5.74, 6) is 0.148. The van der Waals surface area contributed by atoms with Gasteiger partial charge < -0.3 is 5.32 Å². The van der Waals surface area contributed by atoms with Crippen LogP contribution in [0.1, 0.15) is 24.0 Å². The molecule has 1 aliphatic heterocycles. The van der Waals surface area contributed by atoms with Crippen LogP contribution in [0.15, 0.2) is 28.6 Å². The smallest absolute Gasteiger partial charge is 0.229 e. The maximum Gasteiger partial charge on any atom is 0.229 e. The number of nitrogens with zero attached hydrogens (tertiary/aromatic N) is 3. The zero-order chi connectivity index (χ0) is 16.9. The highest BCUT2D eigenvalue weighted by atomic mass is 32.2. The Hall–Kier alpha value is -1.44. The molecule has 1 aromatic carbocycles. The molecule has 1 amide bonds. The number of rotatable bonds is 5. The topological polar surface area (TPSA) is 58.1 Å². The Morgan fingerprint density at radius 2 is 2.17 bits per heavy atom. The number of hydrogen-bond donors (Lipinski definition) is 1. The molecular formula is C17H22N4OS2. The van der Waals surface area contributed by atoms with Gasteiger partial charge in [0.15, 0.2) is 4.34 Å². The van der Waals surface area contributed by atoms with E-state index < -0.39 is 0 Å². The van der Waals surface area contributed by atoms with Crippen LogP contribution in [0.2, 0.25) is 0 Å². The average Bonchev–Trinajstić information content (AvgIpc) is 3.03. The Morgan fingerprint density at radius 1 is 1.38 bits per heavy atom. The molecule has 0 bridgehead atoms. The van der Waals surface area contributed by atoms with E-state index in [1.54, 1.807) is 11.8 Å². The summed E-state index contributed by atoms with van der Waals surface area (Å²) < 4.78 is 0.873. The summed E-state index contributed by atoms with van der Waals surface area (Å²) in [7, 11) is 0. The van der Waals surface area contributed by atoms with Crippen molar-refractivity contribution in [2.45, 2.75) is 30.6 Å². The van der Waals surface area contributed by atoms with E-state index >= 15 is 0 Å². The molecule has 1 aliphatic rings. The largest absolute Gasteiger partial charge is 0.300 e. The van der Waals surface area contributed by atoms with Crippen molar-refractivity contribution in [2.24, 2.45) is 5.92 Å². The van der Waals surface area contributed by atoms with Crippen LogP contribution >= 0.6 is 23.1 Å². The second kappa shape index (κ2) is 8.09. The van der Waals surface area contributed by atoms with E-state index in [4.69, 9.17) is 0 Å². The molecule has 0 unspecified atom stereocenters. The van der Waals surface area contributed by atoms with Crippen LogP contribution in [0, 0.1) is 12.8 Å². The van der Waals surface area contributed by atoms with Crippen LogP contribution < -0.4 is 5.32 Å². The number of anilines is 1. The molecule has 1 aromatic heterocycles. The van der Waals surface area contributed by atoms with Gasteiger partial charge in [-0.2, -0.15) is 0 Å². The standard InChI is InChI=1S/C17H22N4OS2/c1-12-4-3-5-13(10-12)11-21-8-6-14(7-9-21)15(22)18-16-19-20-17(23-2)24-16/h3-5,10,14H,6-9,11H2,1-2H3,(H,18,19,22). The van der Waals surface area contributed by atoms with E-state index in [0.29, 0.717) is 5.13 Å². The average molecular weight is 363 g/mol. The summed E-state index contributed by atoms with van der Waals surface area (Å²) in [4.78, 5) is 14.8. The van der Waals surface area contributed by atoms with Gasteiger partial charge in [0, 0.05) is 12.5 Å². The first-order valence-corrected chi connectivity index (χ1v) is 10.1. The molecule has 0 aliphatic carbocycles. The fourth-order valence-electron chi connectivity index (χ4n) is 2.97. The molecule has 128 valence electrons. The number of amides is 1. The summed E-state index contributed by atoms with van der Waals surface area (Å²) in [5.41, 5.74) is 2.64. The summed E-state index contributed by atoms with van der Waals surface area (Å²) in [6.45, 7) is 5.00. The lowest BCUT2D eigenvalue weighted by molar-refractivity contribution is -0.121. The lowest BCUT2D eigenvalue weighted by atomic mass is 9.95. The predicted molar refractivity (Wildman–Crippen MR) is 99.5 cm³/mol. The molecule has 0 radical (unpaired) electrons. The van der Waals surface area contributed by atoms with Gasteiger partial charge in [-0.05, 0) is 44.7 Å². The van der Waals surface area contributed by atoms with Crippen molar-refractivity contribution in [3.8, 4) is 0 Å². The van der Waals surface area contributed by atoms with Gasteiger partial charge in [-0.1, -0.05) is 52.9 Å². The minimum absolute atomic E-state index is 0.0698. The first-order chi connectivity index (χ1) is 11.6. The molecule has 5 nitrogen and oxygen atoms in total. The van der Waals surface area contributed by atoms with Crippen molar-refractivity contribution in [3.05, 3.63) is 35.4 Å². The number of hydrogen-bond acceptors (Lipinski definition) is 6. The van der Waals surface area contributed by atoms with Crippen molar-refractivity contribution in [3.63, 3.8) is 0 Å². The molecule has 24 heavy (non-hydrogen) atoms. The maximum atomic E-state index is 12.4. The monoisotopic (exact) mass is 362 g/mol. The van der Waals surface area contributed by atoms with E-state index in [2.05, 4.69) is 51.6 Å². The maximum absolute atomic E-state index is 12.4. The Bertz CT molecular complexity index is 695. The molecule has 2 aromatic rings. The minimum atomic E-state index is 0.0698. The highest BCUT2D eigenvalue weighted by Gasteiger charge is 2.25. The summed E-state index contributed by atoms with van der Waals surface area (Å²) >= 11 is 2.97. The van der Waals surface area contributed by atoms with E-state index in [9.17, 15) is 4.79 Å². The number of piperidine rings is 1. The molecule has 0 spiro atoms. The Kier molecular flexibility index (Phi) is 5.86. The van der Waals surface area contributed by atoms with Crippen molar-refractivity contribution in [1.82, 2.24) is 15.1 Å².